The predicted octanol–water partition coefficient (Wildman–Crippen LogP) is 4.08. The number of carbonyl (C=O) groups excluding carboxylic acids is 1. The van der Waals surface area contributed by atoms with Gasteiger partial charge in [0.1, 0.15) is 16.9 Å². The largest absolute Gasteiger partial charge is 0.338 e. The SMILES string of the molecule is CC(C)(F)c1nc(N2C[C@H]3CSC(NC(=O)c4ccccc4)=NC3(c3cccnc3)C2)ncc1F. The number of carbonyl (C=O) groups is 1. The van der Waals surface area contributed by atoms with E-state index >= 15 is 0 Å². The van der Waals surface area contributed by atoms with Crippen LogP contribution in [0.25, 0.3) is 0 Å². The molecule has 2 aromatic heterocycles. The van der Waals surface area contributed by atoms with Crippen molar-refractivity contribution in [2.75, 3.05) is 23.7 Å². The Morgan fingerprint density at radius 2 is 2.00 bits per heavy atom. The molecule has 2 aliphatic rings. The van der Waals surface area contributed by atoms with Gasteiger partial charge in [-0.2, -0.15) is 0 Å². The van der Waals surface area contributed by atoms with Crippen LogP contribution in [0.15, 0.2) is 66.0 Å². The molecule has 7 nitrogen and oxygen atoms in total. The van der Waals surface area contributed by atoms with E-state index in [9.17, 15) is 13.6 Å². The van der Waals surface area contributed by atoms with Gasteiger partial charge in [-0.15, -0.1) is 0 Å². The maximum Gasteiger partial charge on any atom is 0.257 e. The van der Waals surface area contributed by atoms with Crippen LogP contribution in [-0.4, -0.2) is 44.9 Å². The number of pyridine rings is 1. The summed E-state index contributed by atoms with van der Waals surface area (Å²) in [5, 5.41) is 3.46. The lowest BCUT2D eigenvalue weighted by atomic mass is 9.83. The van der Waals surface area contributed by atoms with Crippen molar-refractivity contribution in [3.63, 3.8) is 0 Å². The number of halogens is 2. The molecule has 0 spiro atoms. The summed E-state index contributed by atoms with van der Waals surface area (Å²) in [4.78, 5) is 32.4. The van der Waals surface area contributed by atoms with E-state index in [-0.39, 0.29) is 23.5 Å². The summed E-state index contributed by atoms with van der Waals surface area (Å²) in [6.07, 6.45) is 4.48. The van der Waals surface area contributed by atoms with Gasteiger partial charge >= 0.3 is 0 Å². The molecule has 1 saturated heterocycles. The number of nitrogens with one attached hydrogen (secondary N) is 1. The number of aliphatic imine (C=N–C) groups is 1. The molecule has 1 aromatic carbocycles. The molecule has 10 heteroatoms. The third kappa shape index (κ3) is 4.50. The Morgan fingerprint density at radius 1 is 1.20 bits per heavy atom. The van der Waals surface area contributed by atoms with E-state index in [1.54, 1.807) is 24.5 Å². The van der Waals surface area contributed by atoms with Crippen LogP contribution in [0.3, 0.4) is 0 Å². The number of alkyl halides is 1. The summed E-state index contributed by atoms with van der Waals surface area (Å²) >= 11 is 1.47. The fraction of sp³-hybridized carbons (Fsp3) is 0.320. The average Bonchev–Trinajstić information content (AvgIpc) is 3.25. The van der Waals surface area contributed by atoms with Crippen molar-refractivity contribution in [3.8, 4) is 0 Å². The summed E-state index contributed by atoms with van der Waals surface area (Å²) in [6, 6.07) is 12.8. The molecule has 35 heavy (non-hydrogen) atoms. The van der Waals surface area contributed by atoms with Crippen LogP contribution in [-0.2, 0) is 11.2 Å². The predicted molar refractivity (Wildman–Crippen MR) is 132 cm³/mol. The molecule has 1 N–H and O–H groups in total. The van der Waals surface area contributed by atoms with Crippen molar-refractivity contribution in [1.29, 1.82) is 0 Å². The Hall–Kier alpha value is -3.40. The van der Waals surface area contributed by atoms with Crippen LogP contribution >= 0.6 is 11.8 Å². The van der Waals surface area contributed by atoms with Gasteiger partial charge in [-0.3, -0.25) is 9.78 Å². The van der Waals surface area contributed by atoms with Gasteiger partial charge < -0.3 is 10.2 Å². The van der Waals surface area contributed by atoms with Crippen molar-refractivity contribution in [1.82, 2.24) is 20.3 Å². The first-order valence-corrected chi connectivity index (χ1v) is 12.2. The molecule has 180 valence electrons. The first kappa shape index (κ1) is 23.3. The fourth-order valence-electron chi connectivity index (χ4n) is 4.52. The number of hydrogen-bond acceptors (Lipinski definition) is 7. The zero-order valence-electron chi connectivity index (χ0n) is 19.3. The Labute approximate surface area is 206 Å². The van der Waals surface area contributed by atoms with E-state index in [2.05, 4.69) is 20.3 Å². The highest BCUT2D eigenvalue weighted by Crippen LogP contribution is 2.46. The number of anilines is 1. The maximum absolute atomic E-state index is 14.6. The van der Waals surface area contributed by atoms with E-state index < -0.39 is 17.0 Å². The van der Waals surface area contributed by atoms with Gasteiger partial charge in [0.05, 0.1) is 12.7 Å². The fourth-order valence-corrected chi connectivity index (χ4v) is 5.66. The quantitative estimate of drug-likeness (QED) is 0.589. The molecule has 3 aromatic rings. The van der Waals surface area contributed by atoms with Gasteiger partial charge in [-0.25, -0.2) is 23.7 Å². The van der Waals surface area contributed by atoms with Gasteiger partial charge in [0.15, 0.2) is 11.0 Å². The third-order valence-electron chi connectivity index (χ3n) is 6.27. The molecular weight excluding hydrogens is 470 g/mol. The normalized spacial score (nSPS) is 21.9. The van der Waals surface area contributed by atoms with Gasteiger partial charge in [0.2, 0.25) is 5.95 Å². The average molecular weight is 495 g/mol. The van der Waals surface area contributed by atoms with E-state index in [1.807, 2.05) is 35.2 Å². The summed E-state index contributed by atoms with van der Waals surface area (Å²) < 4.78 is 28.8. The zero-order chi connectivity index (χ0) is 24.6. The molecule has 1 fully saturated rings. The molecule has 1 unspecified atom stereocenters. The lowest BCUT2D eigenvalue weighted by molar-refractivity contribution is 0.0977. The van der Waals surface area contributed by atoms with E-state index in [0.717, 1.165) is 11.8 Å². The zero-order valence-corrected chi connectivity index (χ0v) is 20.1. The summed E-state index contributed by atoms with van der Waals surface area (Å²) in [5.41, 5.74) is -1.50. The van der Waals surface area contributed by atoms with Gasteiger partial charge in [-0.1, -0.05) is 36.0 Å². The van der Waals surface area contributed by atoms with Crippen LogP contribution in [0, 0.1) is 11.7 Å². The van der Waals surface area contributed by atoms with Crippen LogP contribution in [0.4, 0.5) is 14.7 Å². The van der Waals surface area contributed by atoms with Crippen molar-refractivity contribution in [2.24, 2.45) is 10.9 Å². The first-order valence-electron chi connectivity index (χ1n) is 11.2. The number of benzene rings is 1. The second kappa shape index (κ2) is 8.99. The molecule has 2 atom stereocenters. The van der Waals surface area contributed by atoms with Gasteiger partial charge in [0.25, 0.3) is 5.91 Å². The van der Waals surface area contributed by atoms with E-state index in [1.165, 1.54) is 25.6 Å². The minimum absolute atomic E-state index is 0.0459. The molecule has 0 aliphatic carbocycles. The van der Waals surface area contributed by atoms with Crippen LogP contribution in [0.2, 0.25) is 0 Å². The highest BCUT2D eigenvalue weighted by Gasteiger charge is 2.51. The van der Waals surface area contributed by atoms with Gasteiger partial charge in [-0.05, 0) is 32.0 Å². The molecule has 0 bridgehead atoms. The number of rotatable bonds is 4. The molecule has 1 amide bonds. The highest BCUT2D eigenvalue weighted by atomic mass is 32.2. The Balaban J connectivity index is 1.50. The number of amides is 1. The highest BCUT2D eigenvalue weighted by molar-refractivity contribution is 8.13. The lowest BCUT2D eigenvalue weighted by Crippen LogP contribution is -2.42. The molecule has 5 rings (SSSR count). The minimum atomic E-state index is -1.95. The summed E-state index contributed by atoms with van der Waals surface area (Å²) in [6.45, 7) is 3.47. The van der Waals surface area contributed by atoms with Crippen LogP contribution in [0.1, 0.15) is 35.5 Å². The standard InChI is InChI=1S/C25H24F2N6OS/c1-24(2,27)20-19(26)12-29-22(30-20)33-13-18-14-35-23(31-21(34)16-7-4-3-5-8-16)32-25(18,15-33)17-9-6-10-28-11-17/h3-12,18H,13-15H2,1-2H3,(H,31,32,34)/t18-,25?/m0/s1. The number of thioether (sulfide) groups is 1. The molecular formula is C25H24F2N6OS. The van der Waals surface area contributed by atoms with E-state index in [4.69, 9.17) is 4.99 Å². The van der Waals surface area contributed by atoms with E-state index in [0.29, 0.717) is 29.6 Å². The summed E-state index contributed by atoms with van der Waals surface area (Å²) in [5.74, 6) is -0.0333. The second-order valence-electron chi connectivity index (χ2n) is 9.13. The number of hydrogen-bond donors (Lipinski definition) is 1. The maximum atomic E-state index is 14.6. The number of amidine groups is 1. The third-order valence-corrected chi connectivity index (χ3v) is 7.30. The topological polar surface area (TPSA) is 83.4 Å². The minimum Gasteiger partial charge on any atom is -0.338 e. The number of fused-ring (bicyclic) bond motifs is 1. The second-order valence-corrected chi connectivity index (χ2v) is 10.1. The molecule has 2 aliphatic heterocycles. The lowest BCUT2D eigenvalue weighted by Gasteiger charge is -2.35. The molecule has 0 radical (unpaired) electrons. The van der Waals surface area contributed by atoms with Gasteiger partial charge in [0, 0.05) is 41.7 Å². The number of nitrogens with zero attached hydrogens (tertiary/aromatic N) is 5. The van der Waals surface area contributed by atoms with Crippen molar-refractivity contribution in [3.05, 3.63) is 83.7 Å². The van der Waals surface area contributed by atoms with Crippen LogP contribution in [0.5, 0.6) is 0 Å². The van der Waals surface area contributed by atoms with Crippen molar-refractivity contribution in [2.45, 2.75) is 25.1 Å². The van der Waals surface area contributed by atoms with Crippen molar-refractivity contribution >= 4 is 28.8 Å². The number of aromatic nitrogens is 3. The molecule has 0 saturated carbocycles. The molecule has 4 heterocycles. The van der Waals surface area contributed by atoms with Crippen molar-refractivity contribution < 1.29 is 13.6 Å². The Bertz CT molecular complexity index is 1270. The Morgan fingerprint density at radius 3 is 2.71 bits per heavy atom. The van der Waals surface area contributed by atoms with Crippen LogP contribution < -0.4 is 10.2 Å². The Kier molecular flexibility index (Phi) is 6.00. The first-order chi connectivity index (χ1) is 16.8. The summed E-state index contributed by atoms with van der Waals surface area (Å²) in [7, 11) is 0. The monoisotopic (exact) mass is 494 g/mol. The smallest absolute Gasteiger partial charge is 0.257 e.